The quantitative estimate of drug-likeness (QED) is 0.662. The van der Waals surface area contributed by atoms with Crippen molar-refractivity contribution < 1.29 is 4.79 Å². The van der Waals surface area contributed by atoms with Gasteiger partial charge in [0.2, 0.25) is 5.91 Å². The number of aromatic nitrogens is 2. The smallest absolute Gasteiger partial charge is 0.254 e. The summed E-state index contributed by atoms with van der Waals surface area (Å²) in [6, 6.07) is 9.42. The van der Waals surface area contributed by atoms with E-state index in [1.807, 2.05) is 29.2 Å². The Bertz CT molecular complexity index is 992. The van der Waals surface area contributed by atoms with Crippen molar-refractivity contribution in [2.45, 2.75) is 37.9 Å². The van der Waals surface area contributed by atoms with Gasteiger partial charge >= 0.3 is 0 Å². The van der Waals surface area contributed by atoms with Crippen LogP contribution in [0.5, 0.6) is 0 Å². The number of carbonyl (C=O) groups excluding carboxylic acids is 1. The number of piperazine rings is 1. The van der Waals surface area contributed by atoms with E-state index in [2.05, 4.69) is 30.7 Å². The summed E-state index contributed by atoms with van der Waals surface area (Å²) in [6.07, 6.45) is 0. The molecular formula is C22H27ClN4O2S. The number of carbonyl (C=O) groups is 1. The lowest BCUT2D eigenvalue weighted by molar-refractivity contribution is -0.135. The second kappa shape index (κ2) is 8.27. The van der Waals surface area contributed by atoms with E-state index in [4.69, 9.17) is 11.6 Å². The van der Waals surface area contributed by atoms with Crippen molar-refractivity contribution >= 4 is 35.0 Å². The van der Waals surface area contributed by atoms with Crippen LogP contribution in [0.25, 0.3) is 0 Å². The minimum absolute atomic E-state index is 0.0671. The minimum Gasteiger partial charge on any atom is -0.368 e. The van der Waals surface area contributed by atoms with Gasteiger partial charge in [0, 0.05) is 60.7 Å². The van der Waals surface area contributed by atoms with Crippen molar-refractivity contribution in [1.82, 2.24) is 14.5 Å². The summed E-state index contributed by atoms with van der Waals surface area (Å²) in [4.78, 5) is 34.7. The Labute approximate surface area is 186 Å². The van der Waals surface area contributed by atoms with Gasteiger partial charge in [-0.2, -0.15) is 0 Å². The van der Waals surface area contributed by atoms with E-state index >= 15 is 0 Å². The summed E-state index contributed by atoms with van der Waals surface area (Å²) in [5.74, 6) is 0.608. The van der Waals surface area contributed by atoms with E-state index in [9.17, 15) is 9.59 Å². The molecular weight excluding hydrogens is 420 g/mol. The van der Waals surface area contributed by atoms with E-state index in [1.165, 1.54) is 11.8 Å². The molecule has 1 amide bonds. The third-order valence-corrected chi connectivity index (χ3v) is 7.08. The molecule has 2 aromatic rings. The van der Waals surface area contributed by atoms with E-state index in [-0.39, 0.29) is 22.8 Å². The van der Waals surface area contributed by atoms with Crippen LogP contribution in [0.15, 0.2) is 40.3 Å². The second-order valence-corrected chi connectivity index (χ2v) is 10.3. The first-order valence-corrected chi connectivity index (χ1v) is 11.6. The molecule has 1 aromatic carbocycles. The van der Waals surface area contributed by atoms with Crippen molar-refractivity contribution in [3.8, 4) is 0 Å². The zero-order valence-electron chi connectivity index (χ0n) is 17.6. The van der Waals surface area contributed by atoms with Crippen molar-refractivity contribution in [1.29, 1.82) is 0 Å². The Morgan fingerprint density at radius 3 is 2.43 bits per heavy atom. The number of fused-ring (bicyclic) bond motifs is 1. The summed E-state index contributed by atoms with van der Waals surface area (Å²) in [5, 5.41) is 1.45. The van der Waals surface area contributed by atoms with E-state index in [0.29, 0.717) is 25.4 Å². The maximum atomic E-state index is 13.1. The first-order valence-electron chi connectivity index (χ1n) is 10.3. The normalized spacial score (nSPS) is 19.5. The molecule has 0 N–H and O–H groups in total. The number of amides is 1. The van der Waals surface area contributed by atoms with Crippen LogP contribution in [0, 0.1) is 5.92 Å². The highest BCUT2D eigenvalue weighted by Gasteiger charge is 2.32. The molecule has 1 fully saturated rings. The molecule has 1 saturated heterocycles. The average molecular weight is 447 g/mol. The lowest BCUT2D eigenvalue weighted by Gasteiger charge is -2.38. The predicted octanol–water partition coefficient (Wildman–Crippen LogP) is 3.26. The molecule has 0 aliphatic carbocycles. The van der Waals surface area contributed by atoms with Crippen LogP contribution in [0.1, 0.15) is 26.5 Å². The number of thioether (sulfide) groups is 1. The third-order valence-electron chi connectivity index (χ3n) is 5.69. The third kappa shape index (κ3) is 4.37. The zero-order valence-corrected chi connectivity index (χ0v) is 19.2. The zero-order chi connectivity index (χ0) is 21.5. The van der Waals surface area contributed by atoms with Crippen LogP contribution in [-0.2, 0) is 16.8 Å². The van der Waals surface area contributed by atoms with Gasteiger partial charge in [-0.15, -0.1) is 0 Å². The highest BCUT2D eigenvalue weighted by atomic mass is 35.5. The number of hydrogen-bond donors (Lipinski definition) is 0. The molecule has 1 unspecified atom stereocenters. The molecule has 0 radical (unpaired) electrons. The van der Waals surface area contributed by atoms with E-state index in [0.717, 1.165) is 34.6 Å². The van der Waals surface area contributed by atoms with Gasteiger partial charge in [-0.25, -0.2) is 4.98 Å². The van der Waals surface area contributed by atoms with Gasteiger partial charge in [0.1, 0.15) is 0 Å². The summed E-state index contributed by atoms with van der Waals surface area (Å²) in [5.41, 5.74) is 1.68. The van der Waals surface area contributed by atoms with Gasteiger partial charge in [0.15, 0.2) is 5.16 Å². The molecule has 160 valence electrons. The first kappa shape index (κ1) is 21.2. The van der Waals surface area contributed by atoms with E-state index < -0.39 is 0 Å². The fraction of sp³-hybridized carbons (Fsp3) is 0.500. The SMILES string of the molecule is CC(C)(C)c1cc(=O)n2c(n1)SCC(C(=O)N1CCN(c3ccc(Cl)cc3)CC1)C2. The van der Waals surface area contributed by atoms with E-state index in [1.54, 1.807) is 10.6 Å². The molecule has 30 heavy (non-hydrogen) atoms. The Kier molecular flexibility index (Phi) is 5.86. The molecule has 2 aliphatic rings. The summed E-state index contributed by atoms with van der Waals surface area (Å²) in [7, 11) is 0. The topological polar surface area (TPSA) is 58.4 Å². The molecule has 4 rings (SSSR count). The van der Waals surface area contributed by atoms with Crippen LogP contribution in [-0.4, -0.2) is 52.3 Å². The van der Waals surface area contributed by atoms with Crippen LogP contribution >= 0.6 is 23.4 Å². The Morgan fingerprint density at radius 2 is 1.80 bits per heavy atom. The molecule has 2 aliphatic heterocycles. The largest absolute Gasteiger partial charge is 0.368 e. The Hall–Kier alpha value is -1.99. The molecule has 1 atom stereocenters. The highest BCUT2D eigenvalue weighted by Crippen LogP contribution is 2.29. The number of hydrogen-bond acceptors (Lipinski definition) is 5. The van der Waals surface area contributed by atoms with Gasteiger partial charge in [-0.1, -0.05) is 44.1 Å². The monoisotopic (exact) mass is 446 g/mol. The number of rotatable bonds is 2. The standard InChI is InChI=1S/C22H27ClN4O2S/c1-22(2,3)18-12-19(28)27-13-15(14-30-21(27)24-18)20(29)26-10-8-25(9-11-26)17-6-4-16(23)5-7-17/h4-7,12,15H,8-11,13-14H2,1-3H3. The molecule has 0 spiro atoms. The van der Waals surface area contributed by atoms with Crippen LogP contribution in [0.4, 0.5) is 5.69 Å². The van der Waals surface area contributed by atoms with Crippen molar-refractivity contribution in [2.75, 3.05) is 36.8 Å². The number of anilines is 1. The fourth-order valence-corrected chi connectivity index (χ4v) is 5.05. The van der Waals surface area contributed by atoms with Crippen molar-refractivity contribution in [3.63, 3.8) is 0 Å². The van der Waals surface area contributed by atoms with Crippen LogP contribution < -0.4 is 10.5 Å². The molecule has 6 nitrogen and oxygen atoms in total. The van der Waals surface area contributed by atoms with Gasteiger partial charge < -0.3 is 9.80 Å². The molecule has 1 aromatic heterocycles. The van der Waals surface area contributed by atoms with Crippen molar-refractivity contribution in [3.05, 3.63) is 51.4 Å². The molecule has 3 heterocycles. The van der Waals surface area contributed by atoms with Gasteiger partial charge in [-0.05, 0) is 24.3 Å². The predicted molar refractivity (Wildman–Crippen MR) is 122 cm³/mol. The van der Waals surface area contributed by atoms with Crippen LogP contribution in [0.2, 0.25) is 5.02 Å². The molecule has 0 saturated carbocycles. The Morgan fingerprint density at radius 1 is 1.13 bits per heavy atom. The summed E-state index contributed by atoms with van der Waals surface area (Å²) >= 11 is 7.49. The maximum Gasteiger partial charge on any atom is 0.254 e. The number of halogens is 1. The Balaban J connectivity index is 1.41. The number of benzene rings is 1. The van der Waals surface area contributed by atoms with Crippen LogP contribution in [0.3, 0.4) is 0 Å². The molecule has 0 bridgehead atoms. The molecule has 8 heteroatoms. The lowest BCUT2D eigenvalue weighted by atomic mass is 9.92. The fourth-order valence-electron chi connectivity index (χ4n) is 3.84. The second-order valence-electron chi connectivity index (χ2n) is 8.92. The lowest BCUT2D eigenvalue weighted by Crippen LogP contribution is -2.52. The summed E-state index contributed by atoms with van der Waals surface area (Å²) < 4.78 is 1.66. The number of nitrogens with zero attached hydrogens (tertiary/aromatic N) is 4. The van der Waals surface area contributed by atoms with Crippen molar-refractivity contribution in [2.24, 2.45) is 5.92 Å². The average Bonchev–Trinajstić information content (AvgIpc) is 2.73. The minimum atomic E-state index is -0.190. The maximum absolute atomic E-state index is 13.1. The summed E-state index contributed by atoms with van der Waals surface area (Å²) in [6.45, 7) is 9.52. The van der Waals surface area contributed by atoms with Gasteiger partial charge in [0.25, 0.3) is 5.56 Å². The van der Waals surface area contributed by atoms with Gasteiger partial charge in [-0.3, -0.25) is 14.2 Å². The van der Waals surface area contributed by atoms with Gasteiger partial charge in [0.05, 0.1) is 11.6 Å². The first-order chi connectivity index (χ1) is 14.2. The highest BCUT2D eigenvalue weighted by molar-refractivity contribution is 7.99.